The van der Waals surface area contributed by atoms with Crippen LogP contribution < -0.4 is 5.73 Å². The highest BCUT2D eigenvalue weighted by Gasteiger charge is 2.21. The molecule has 0 bridgehead atoms. The van der Waals surface area contributed by atoms with E-state index < -0.39 is 5.60 Å². The highest BCUT2D eigenvalue weighted by molar-refractivity contribution is 4.86. The van der Waals surface area contributed by atoms with Crippen LogP contribution in [0.4, 0.5) is 0 Å². The number of rotatable bonds is 5. The minimum atomic E-state index is -0.684. The van der Waals surface area contributed by atoms with Crippen LogP contribution in [0.2, 0.25) is 0 Å². The predicted octanol–water partition coefficient (Wildman–Crippen LogP) is 0.890. The Morgan fingerprint density at radius 3 is 2.64 bits per heavy atom. The van der Waals surface area contributed by atoms with E-state index in [9.17, 15) is 5.11 Å². The third-order valence-corrected chi connectivity index (χ3v) is 2.00. The molecule has 2 nitrogen and oxygen atoms in total. The van der Waals surface area contributed by atoms with Gasteiger partial charge in [-0.2, -0.15) is 0 Å². The minimum absolute atomic E-state index is 0.327. The molecule has 0 rings (SSSR count). The lowest BCUT2D eigenvalue weighted by Gasteiger charge is -2.24. The van der Waals surface area contributed by atoms with Gasteiger partial charge in [0.1, 0.15) is 0 Å². The first kappa shape index (κ1) is 10.5. The highest BCUT2D eigenvalue weighted by atomic mass is 16.3. The Kier molecular flexibility index (Phi) is 4.93. The van der Waals surface area contributed by atoms with Crippen LogP contribution >= 0.6 is 0 Å². The molecule has 64 valence electrons. The van der Waals surface area contributed by atoms with Crippen molar-refractivity contribution in [2.24, 2.45) is 5.73 Å². The second kappa shape index (κ2) is 5.17. The Morgan fingerprint density at radius 2 is 2.27 bits per heavy atom. The maximum absolute atomic E-state index is 9.66. The molecule has 0 radical (unpaired) electrons. The summed E-state index contributed by atoms with van der Waals surface area (Å²) in [5, 5.41) is 9.66. The van der Waals surface area contributed by atoms with Gasteiger partial charge in [0, 0.05) is 13.0 Å². The SMILES string of the molecule is C#CCCCC(O)(CC)CN. The van der Waals surface area contributed by atoms with E-state index in [0.717, 1.165) is 12.8 Å². The van der Waals surface area contributed by atoms with Gasteiger partial charge in [-0.25, -0.2) is 0 Å². The summed E-state index contributed by atoms with van der Waals surface area (Å²) in [7, 11) is 0. The van der Waals surface area contributed by atoms with E-state index in [4.69, 9.17) is 12.2 Å². The molecule has 0 saturated heterocycles. The molecule has 0 aromatic heterocycles. The van der Waals surface area contributed by atoms with E-state index in [1.165, 1.54) is 0 Å². The van der Waals surface area contributed by atoms with Gasteiger partial charge in [0.2, 0.25) is 0 Å². The fourth-order valence-electron chi connectivity index (χ4n) is 0.943. The van der Waals surface area contributed by atoms with Gasteiger partial charge in [0.25, 0.3) is 0 Å². The van der Waals surface area contributed by atoms with Gasteiger partial charge in [-0.05, 0) is 19.3 Å². The summed E-state index contributed by atoms with van der Waals surface area (Å²) in [5.41, 5.74) is 4.71. The standard InChI is InChI=1S/C9H17NO/c1-3-5-6-7-9(11,4-2)8-10/h1,11H,4-8,10H2,2H3. The average Bonchev–Trinajstić information content (AvgIpc) is 2.05. The summed E-state index contributed by atoms with van der Waals surface area (Å²) in [5.74, 6) is 2.54. The molecule has 2 heteroatoms. The summed E-state index contributed by atoms with van der Waals surface area (Å²) < 4.78 is 0. The second-order valence-corrected chi connectivity index (χ2v) is 2.84. The van der Waals surface area contributed by atoms with Crippen molar-refractivity contribution in [1.82, 2.24) is 0 Å². The number of hydrogen-bond donors (Lipinski definition) is 2. The molecule has 0 fully saturated rings. The molecule has 0 aliphatic rings. The minimum Gasteiger partial charge on any atom is -0.389 e. The number of aliphatic hydroxyl groups is 1. The Bertz CT molecular complexity index is 133. The Labute approximate surface area is 68.8 Å². The third-order valence-electron chi connectivity index (χ3n) is 2.00. The summed E-state index contributed by atoms with van der Waals surface area (Å²) in [4.78, 5) is 0. The average molecular weight is 155 g/mol. The van der Waals surface area contributed by atoms with Crippen molar-refractivity contribution in [1.29, 1.82) is 0 Å². The van der Waals surface area contributed by atoms with E-state index in [0.29, 0.717) is 19.4 Å². The molecule has 0 aromatic carbocycles. The summed E-state index contributed by atoms with van der Waals surface area (Å²) in [6.45, 7) is 2.26. The van der Waals surface area contributed by atoms with Crippen LogP contribution in [0.15, 0.2) is 0 Å². The van der Waals surface area contributed by atoms with E-state index >= 15 is 0 Å². The molecule has 0 amide bonds. The lowest BCUT2D eigenvalue weighted by molar-refractivity contribution is 0.0348. The van der Waals surface area contributed by atoms with Crippen LogP contribution in [-0.2, 0) is 0 Å². The van der Waals surface area contributed by atoms with Crippen molar-refractivity contribution in [3.05, 3.63) is 0 Å². The van der Waals surface area contributed by atoms with Crippen molar-refractivity contribution in [2.45, 2.75) is 38.2 Å². The molecule has 0 aliphatic carbocycles. The number of hydrogen-bond acceptors (Lipinski definition) is 2. The smallest absolute Gasteiger partial charge is 0.0767 e. The maximum atomic E-state index is 9.66. The molecule has 11 heavy (non-hydrogen) atoms. The fourth-order valence-corrected chi connectivity index (χ4v) is 0.943. The van der Waals surface area contributed by atoms with Crippen molar-refractivity contribution in [3.8, 4) is 12.3 Å². The first-order valence-electron chi connectivity index (χ1n) is 4.04. The number of unbranched alkanes of at least 4 members (excludes halogenated alkanes) is 1. The summed E-state index contributed by atoms with van der Waals surface area (Å²) >= 11 is 0. The molecule has 3 N–H and O–H groups in total. The van der Waals surface area contributed by atoms with E-state index in [-0.39, 0.29) is 0 Å². The van der Waals surface area contributed by atoms with Gasteiger partial charge >= 0.3 is 0 Å². The van der Waals surface area contributed by atoms with E-state index in [1.54, 1.807) is 0 Å². The Balaban J connectivity index is 3.62. The normalized spacial score (nSPS) is 15.5. The van der Waals surface area contributed by atoms with Crippen LogP contribution in [-0.4, -0.2) is 17.3 Å². The third kappa shape index (κ3) is 4.02. The zero-order valence-electron chi connectivity index (χ0n) is 7.14. The molecule has 0 heterocycles. The Morgan fingerprint density at radius 1 is 1.64 bits per heavy atom. The first-order chi connectivity index (χ1) is 5.18. The molecule has 0 spiro atoms. The van der Waals surface area contributed by atoms with Crippen molar-refractivity contribution >= 4 is 0 Å². The lowest BCUT2D eigenvalue weighted by atomic mass is 9.94. The van der Waals surface area contributed by atoms with Crippen LogP contribution in [0.3, 0.4) is 0 Å². The van der Waals surface area contributed by atoms with Gasteiger partial charge < -0.3 is 10.8 Å². The van der Waals surface area contributed by atoms with Crippen LogP contribution in [0.25, 0.3) is 0 Å². The topological polar surface area (TPSA) is 46.2 Å². The molecule has 0 saturated carbocycles. The number of terminal acetylenes is 1. The maximum Gasteiger partial charge on any atom is 0.0767 e. The summed E-state index contributed by atoms with van der Waals surface area (Å²) in [6, 6.07) is 0. The van der Waals surface area contributed by atoms with Crippen molar-refractivity contribution < 1.29 is 5.11 Å². The van der Waals surface area contributed by atoms with Gasteiger partial charge in [0.05, 0.1) is 5.60 Å². The molecule has 1 atom stereocenters. The van der Waals surface area contributed by atoms with Crippen molar-refractivity contribution in [3.63, 3.8) is 0 Å². The molecular formula is C9H17NO. The monoisotopic (exact) mass is 155 g/mol. The largest absolute Gasteiger partial charge is 0.389 e. The quantitative estimate of drug-likeness (QED) is 0.457. The van der Waals surface area contributed by atoms with Gasteiger partial charge in [0.15, 0.2) is 0 Å². The van der Waals surface area contributed by atoms with Crippen LogP contribution in [0.1, 0.15) is 32.6 Å². The predicted molar refractivity (Wildman–Crippen MR) is 47.0 cm³/mol. The molecule has 0 aliphatic heterocycles. The lowest BCUT2D eigenvalue weighted by Crippen LogP contribution is -2.36. The molecule has 0 aromatic rings. The van der Waals surface area contributed by atoms with Gasteiger partial charge in [-0.3, -0.25) is 0 Å². The first-order valence-corrected chi connectivity index (χ1v) is 4.04. The van der Waals surface area contributed by atoms with Crippen molar-refractivity contribution in [2.75, 3.05) is 6.54 Å². The zero-order chi connectivity index (χ0) is 8.74. The van der Waals surface area contributed by atoms with Gasteiger partial charge in [-0.15, -0.1) is 12.3 Å². The molecular weight excluding hydrogens is 138 g/mol. The Hall–Kier alpha value is -0.520. The van der Waals surface area contributed by atoms with Crippen LogP contribution in [0.5, 0.6) is 0 Å². The van der Waals surface area contributed by atoms with Gasteiger partial charge in [-0.1, -0.05) is 6.92 Å². The molecule has 1 unspecified atom stereocenters. The second-order valence-electron chi connectivity index (χ2n) is 2.84. The van der Waals surface area contributed by atoms with Crippen LogP contribution in [0, 0.1) is 12.3 Å². The highest BCUT2D eigenvalue weighted by Crippen LogP contribution is 2.16. The van der Waals surface area contributed by atoms with E-state index in [2.05, 4.69) is 5.92 Å². The zero-order valence-corrected chi connectivity index (χ0v) is 7.14. The number of nitrogens with two attached hydrogens (primary N) is 1. The fraction of sp³-hybridized carbons (Fsp3) is 0.778. The summed E-state index contributed by atoms with van der Waals surface area (Å²) in [6.07, 6.45) is 8.08. The van der Waals surface area contributed by atoms with E-state index in [1.807, 2.05) is 6.92 Å².